The van der Waals surface area contributed by atoms with Crippen molar-refractivity contribution in [2.45, 2.75) is 44.7 Å². The number of para-hydroxylation sites is 2. The largest absolute Gasteiger partial charge is 0.366 e. The van der Waals surface area contributed by atoms with Crippen molar-refractivity contribution in [3.8, 4) is 39.9 Å². The highest BCUT2D eigenvalue weighted by atomic mass is 15.2. The number of benzene rings is 5. The highest BCUT2D eigenvalue weighted by molar-refractivity contribution is 6.09. The van der Waals surface area contributed by atoms with E-state index in [1.54, 1.807) is 0 Å². The van der Waals surface area contributed by atoms with Crippen LogP contribution in [0.5, 0.6) is 0 Å². The lowest BCUT2D eigenvalue weighted by atomic mass is 9.92. The van der Waals surface area contributed by atoms with Crippen molar-refractivity contribution in [1.82, 2.24) is 19.5 Å². The van der Waals surface area contributed by atoms with Crippen LogP contribution in [0.15, 0.2) is 127 Å². The van der Waals surface area contributed by atoms with Gasteiger partial charge in [-0.2, -0.15) is 9.97 Å². The summed E-state index contributed by atoms with van der Waals surface area (Å²) in [5, 5.41) is 2.37. The smallest absolute Gasteiger partial charge is 0.238 e. The van der Waals surface area contributed by atoms with Gasteiger partial charge in [-0.3, -0.25) is 4.57 Å². The maximum absolute atomic E-state index is 5.23. The molecule has 5 heteroatoms. The van der Waals surface area contributed by atoms with Crippen LogP contribution in [-0.4, -0.2) is 31.6 Å². The summed E-state index contributed by atoms with van der Waals surface area (Å²) in [5.74, 6) is 2.85. The third kappa shape index (κ3) is 4.57. The highest BCUT2D eigenvalue weighted by Crippen LogP contribution is 2.42. The van der Waals surface area contributed by atoms with Gasteiger partial charge >= 0.3 is 0 Å². The number of anilines is 1. The second-order valence-electron chi connectivity index (χ2n) is 13.0. The molecule has 0 N–H and O–H groups in total. The number of rotatable bonds is 5. The molecule has 2 aromatic heterocycles. The fourth-order valence-corrected chi connectivity index (χ4v) is 8.07. The van der Waals surface area contributed by atoms with Gasteiger partial charge in [0.2, 0.25) is 5.95 Å². The maximum atomic E-state index is 5.23. The van der Waals surface area contributed by atoms with Gasteiger partial charge in [0.15, 0.2) is 11.6 Å². The molecule has 224 valence electrons. The molecule has 0 spiro atoms. The molecule has 2 bridgehead atoms. The number of hydrogen-bond acceptors (Lipinski definition) is 4. The van der Waals surface area contributed by atoms with Gasteiger partial charge in [-0.1, -0.05) is 97.1 Å². The first kappa shape index (κ1) is 27.1. The predicted octanol–water partition coefficient (Wildman–Crippen LogP) is 9.74. The van der Waals surface area contributed by atoms with Gasteiger partial charge in [0, 0.05) is 39.7 Å². The van der Waals surface area contributed by atoms with Crippen molar-refractivity contribution in [3.05, 3.63) is 127 Å². The molecule has 0 radical (unpaired) electrons. The van der Waals surface area contributed by atoms with Crippen LogP contribution < -0.4 is 4.90 Å². The van der Waals surface area contributed by atoms with Crippen molar-refractivity contribution < 1.29 is 0 Å². The molecule has 1 aliphatic carbocycles. The van der Waals surface area contributed by atoms with Crippen molar-refractivity contribution >= 4 is 27.5 Å². The molecule has 1 aliphatic heterocycles. The minimum atomic E-state index is 0.532. The van der Waals surface area contributed by atoms with Gasteiger partial charge in [0.05, 0.1) is 11.0 Å². The van der Waals surface area contributed by atoms with Crippen LogP contribution in [0.25, 0.3) is 61.7 Å². The van der Waals surface area contributed by atoms with Gasteiger partial charge in [-0.05, 0) is 80.0 Å². The zero-order valence-corrected chi connectivity index (χ0v) is 25.9. The van der Waals surface area contributed by atoms with Crippen LogP contribution in [0.3, 0.4) is 0 Å². The van der Waals surface area contributed by atoms with E-state index in [2.05, 4.69) is 138 Å². The fraction of sp³-hybridized carbons (Fsp3) is 0.195. The van der Waals surface area contributed by atoms with E-state index >= 15 is 0 Å². The Hall–Kier alpha value is -5.29. The SMILES string of the molecule is CC1CC2CCC(C2)N1c1cccc(-c2nc(-c3cccc(-c4ccccc4)c3)nc(-n3c4ccccc4c4ccccc43)n2)c1. The summed E-state index contributed by atoms with van der Waals surface area (Å²) in [6.45, 7) is 2.39. The van der Waals surface area contributed by atoms with Crippen LogP contribution in [-0.2, 0) is 0 Å². The predicted molar refractivity (Wildman–Crippen MR) is 188 cm³/mol. The molecule has 3 heterocycles. The molecule has 2 aliphatic rings. The molecule has 0 amide bonds. The summed E-state index contributed by atoms with van der Waals surface area (Å²) in [4.78, 5) is 18.3. The van der Waals surface area contributed by atoms with Gasteiger partial charge in [-0.25, -0.2) is 4.98 Å². The van der Waals surface area contributed by atoms with Gasteiger partial charge in [0.1, 0.15) is 0 Å². The zero-order valence-electron chi connectivity index (χ0n) is 25.9. The minimum Gasteiger partial charge on any atom is -0.366 e. The first-order valence-corrected chi connectivity index (χ1v) is 16.5. The van der Waals surface area contributed by atoms with Crippen LogP contribution in [0.1, 0.15) is 32.6 Å². The molecule has 46 heavy (non-hydrogen) atoms. The molecule has 2 fully saturated rings. The first-order valence-electron chi connectivity index (χ1n) is 16.5. The standard InChI is InChI=1S/C41H35N5/c1-27-23-28-21-22-34(24-28)45(27)33-16-10-15-32(26-33)40-42-39(31-14-9-13-30(25-31)29-11-3-2-4-12-29)43-41(44-40)46-37-19-7-5-17-35(37)36-18-6-8-20-38(36)46/h2-20,25-28,34H,21-24H2,1H3. The van der Waals surface area contributed by atoms with Gasteiger partial charge in [-0.15, -0.1) is 0 Å². The van der Waals surface area contributed by atoms with Gasteiger partial charge < -0.3 is 4.90 Å². The fourth-order valence-electron chi connectivity index (χ4n) is 8.07. The van der Waals surface area contributed by atoms with Crippen molar-refractivity contribution in [2.24, 2.45) is 5.92 Å². The molecule has 5 nitrogen and oxygen atoms in total. The average Bonchev–Trinajstić information content (AvgIpc) is 3.66. The van der Waals surface area contributed by atoms with E-state index in [0.29, 0.717) is 29.7 Å². The van der Waals surface area contributed by atoms with E-state index < -0.39 is 0 Å². The number of nitrogens with zero attached hydrogens (tertiary/aromatic N) is 5. The molecular formula is C41H35N5. The van der Waals surface area contributed by atoms with Crippen molar-refractivity contribution in [3.63, 3.8) is 0 Å². The Bertz CT molecular complexity index is 2170. The number of piperidine rings is 1. The topological polar surface area (TPSA) is 46.8 Å². The molecule has 7 aromatic rings. The number of aromatic nitrogens is 4. The number of hydrogen-bond donors (Lipinski definition) is 0. The van der Waals surface area contributed by atoms with E-state index in [4.69, 9.17) is 15.0 Å². The molecule has 1 saturated heterocycles. The van der Waals surface area contributed by atoms with E-state index in [1.807, 2.05) is 6.07 Å². The second-order valence-corrected chi connectivity index (χ2v) is 13.0. The van der Waals surface area contributed by atoms with Crippen LogP contribution in [0, 0.1) is 5.92 Å². The lowest BCUT2D eigenvalue weighted by Crippen LogP contribution is -2.44. The molecule has 1 saturated carbocycles. The number of fused-ring (bicyclic) bond motifs is 5. The Morgan fingerprint density at radius 1 is 0.543 bits per heavy atom. The van der Waals surface area contributed by atoms with E-state index in [9.17, 15) is 0 Å². The van der Waals surface area contributed by atoms with E-state index in [-0.39, 0.29) is 0 Å². The summed E-state index contributed by atoms with van der Waals surface area (Å²) >= 11 is 0. The molecule has 3 unspecified atom stereocenters. The third-order valence-corrected chi connectivity index (χ3v) is 10.1. The lowest BCUT2D eigenvalue weighted by Gasteiger charge is -2.41. The molecule has 5 aromatic carbocycles. The van der Waals surface area contributed by atoms with Crippen LogP contribution in [0.2, 0.25) is 0 Å². The van der Waals surface area contributed by atoms with Crippen molar-refractivity contribution in [2.75, 3.05) is 4.90 Å². The summed E-state index contributed by atoms with van der Waals surface area (Å²) in [5.41, 5.74) is 7.70. The maximum Gasteiger partial charge on any atom is 0.238 e. The van der Waals surface area contributed by atoms with E-state index in [1.165, 1.54) is 47.7 Å². The summed E-state index contributed by atoms with van der Waals surface area (Å²) in [7, 11) is 0. The Labute approximate surface area is 269 Å². The molecule has 3 atom stereocenters. The summed E-state index contributed by atoms with van der Waals surface area (Å²) in [6.07, 6.45) is 5.21. The van der Waals surface area contributed by atoms with Crippen LogP contribution >= 0.6 is 0 Å². The Kier molecular flexibility index (Phi) is 6.44. The first-order chi connectivity index (χ1) is 22.7. The Morgan fingerprint density at radius 2 is 1.15 bits per heavy atom. The van der Waals surface area contributed by atoms with Crippen LogP contribution in [0.4, 0.5) is 5.69 Å². The van der Waals surface area contributed by atoms with Crippen molar-refractivity contribution in [1.29, 1.82) is 0 Å². The second kappa shape index (κ2) is 11.0. The van der Waals surface area contributed by atoms with Gasteiger partial charge in [0.25, 0.3) is 0 Å². The molecule has 9 rings (SSSR count). The summed E-state index contributed by atoms with van der Waals surface area (Å²) < 4.78 is 2.19. The molecular weight excluding hydrogens is 562 g/mol. The average molecular weight is 598 g/mol. The normalized spacial score (nSPS) is 19.2. The lowest BCUT2D eigenvalue weighted by molar-refractivity contribution is 0.372. The zero-order chi connectivity index (χ0) is 30.6. The quantitative estimate of drug-likeness (QED) is 0.198. The monoisotopic (exact) mass is 597 g/mol. The highest BCUT2D eigenvalue weighted by Gasteiger charge is 2.38. The Morgan fingerprint density at radius 3 is 1.89 bits per heavy atom. The van der Waals surface area contributed by atoms with E-state index in [0.717, 1.165) is 33.6 Å². The third-order valence-electron chi connectivity index (χ3n) is 10.1. The minimum absolute atomic E-state index is 0.532. The Balaban J connectivity index is 1.24. The summed E-state index contributed by atoms with van der Waals surface area (Å²) in [6, 6.07) is 46.0.